The molecule has 0 bridgehead atoms. The van der Waals surface area contributed by atoms with E-state index in [1.807, 2.05) is 12.1 Å². The van der Waals surface area contributed by atoms with Crippen molar-refractivity contribution in [2.45, 2.75) is 32.1 Å². The Morgan fingerprint density at radius 1 is 1.56 bits per heavy atom. The zero-order valence-electron chi connectivity index (χ0n) is 9.24. The van der Waals surface area contributed by atoms with Crippen molar-refractivity contribution < 1.29 is 9.90 Å². The second-order valence-electron chi connectivity index (χ2n) is 4.50. The highest BCUT2D eigenvalue weighted by atomic mass is 79.9. The average Bonchev–Trinajstić information content (AvgIpc) is 2.22. The molecule has 2 nitrogen and oxygen atoms in total. The van der Waals surface area contributed by atoms with Crippen LogP contribution < -0.4 is 0 Å². The predicted octanol–water partition coefficient (Wildman–Crippen LogP) is 3.59. The normalized spacial score (nSPS) is 23.9. The summed E-state index contributed by atoms with van der Waals surface area (Å²) in [6, 6.07) is 6.24. The standard InChI is InChI=1S/C13H15BrO2/c1-8-10(7-12(15)16)6-5-9-3-2-4-11(14)13(8)9/h2-4,8,10H,5-7H2,1H3,(H,15,16). The van der Waals surface area contributed by atoms with Crippen LogP contribution >= 0.6 is 15.9 Å². The van der Waals surface area contributed by atoms with Crippen LogP contribution in [-0.2, 0) is 11.2 Å². The van der Waals surface area contributed by atoms with Gasteiger partial charge in [-0.2, -0.15) is 0 Å². The molecule has 2 rings (SSSR count). The van der Waals surface area contributed by atoms with E-state index in [0.717, 1.165) is 17.3 Å². The zero-order valence-corrected chi connectivity index (χ0v) is 10.8. The summed E-state index contributed by atoms with van der Waals surface area (Å²) in [6.07, 6.45) is 2.26. The van der Waals surface area contributed by atoms with E-state index in [2.05, 4.69) is 28.9 Å². The minimum atomic E-state index is -0.688. The number of halogens is 1. The van der Waals surface area contributed by atoms with Crippen LogP contribution in [0.25, 0.3) is 0 Å². The van der Waals surface area contributed by atoms with Gasteiger partial charge >= 0.3 is 5.97 Å². The molecule has 1 aliphatic carbocycles. The first kappa shape index (κ1) is 11.6. The number of carboxylic acid groups (broad SMARTS) is 1. The predicted molar refractivity (Wildman–Crippen MR) is 66.6 cm³/mol. The van der Waals surface area contributed by atoms with Crippen molar-refractivity contribution in [3.05, 3.63) is 33.8 Å². The summed E-state index contributed by atoms with van der Waals surface area (Å²) in [4.78, 5) is 10.8. The summed E-state index contributed by atoms with van der Waals surface area (Å²) in [6.45, 7) is 2.14. The van der Waals surface area contributed by atoms with Gasteiger partial charge in [0.1, 0.15) is 0 Å². The molecule has 0 saturated carbocycles. The fraction of sp³-hybridized carbons (Fsp3) is 0.462. The number of carboxylic acids is 1. The molecule has 2 atom stereocenters. The second kappa shape index (κ2) is 4.58. The van der Waals surface area contributed by atoms with Crippen LogP contribution in [0.3, 0.4) is 0 Å². The van der Waals surface area contributed by atoms with Gasteiger partial charge in [0.25, 0.3) is 0 Å². The number of benzene rings is 1. The average molecular weight is 283 g/mol. The lowest BCUT2D eigenvalue weighted by molar-refractivity contribution is -0.138. The van der Waals surface area contributed by atoms with Crippen LogP contribution in [-0.4, -0.2) is 11.1 Å². The maximum absolute atomic E-state index is 10.8. The third kappa shape index (κ3) is 2.14. The van der Waals surface area contributed by atoms with Crippen molar-refractivity contribution in [1.29, 1.82) is 0 Å². The molecule has 0 aromatic heterocycles. The molecule has 0 spiro atoms. The van der Waals surface area contributed by atoms with Gasteiger partial charge in [0.05, 0.1) is 0 Å². The Labute approximate surface area is 104 Å². The summed E-state index contributed by atoms with van der Waals surface area (Å²) in [5.74, 6) is -0.0912. The first-order valence-corrected chi connectivity index (χ1v) is 6.38. The van der Waals surface area contributed by atoms with Crippen LogP contribution in [0.4, 0.5) is 0 Å². The largest absolute Gasteiger partial charge is 0.481 e. The lowest BCUT2D eigenvalue weighted by Crippen LogP contribution is -2.21. The van der Waals surface area contributed by atoms with Crippen LogP contribution in [0, 0.1) is 5.92 Å². The van der Waals surface area contributed by atoms with Crippen LogP contribution in [0.15, 0.2) is 22.7 Å². The first-order chi connectivity index (χ1) is 7.59. The molecule has 16 heavy (non-hydrogen) atoms. The molecule has 0 saturated heterocycles. The molecule has 0 radical (unpaired) electrons. The number of rotatable bonds is 2. The SMILES string of the molecule is CC1c2c(Br)cccc2CCC1CC(=O)O. The Morgan fingerprint density at radius 2 is 2.31 bits per heavy atom. The summed E-state index contributed by atoms with van der Waals surface area (Å²) in [7, 11) is 0. The van der Waals surface area contributed by atoms with Crippen LogP contribution in [0.2, 0.25) is 0 Å². The van der Waals surface area contributed by atoms with Crippen molar-refractivity contribution in [2.24, 2.45) is 5.92 Å². The lowest BCUT2D eigenvalue weighted by atomic mass is 9.75. The summed E-state index contributed by atoms with van der Waals surface area (Å²) in [5.41, 5.74) is 2.67. The second-order valence-corrected chi connectivity index (χ2v) is 5.35. The van der Waals surface area contributed by atoms with E-state index in [4.69, 9.17) is 5.11 Å². The van der Waals surface area contributed by atoms with Crippen LogP contribution in [0.1, 0.15) is 36.8 Å². The van der Waals surface area contributed by atoms with Gasteiger partial charge in [0, 0.05) is 10.9 Å². The Morgan fingerprint density at radius 3 is 3.00 bits per heavy atom. The molecule has 1 N–H and O–H groups in total. The van der Waals surface area contributed by atoms with Crippen molar-refractivity contribution in [1.82, 2.24) is 0 Å². The summed E-state index contributed by atoms with van der Waals surface area (Å²) < 4.78 is 1.12. The fourth-order valence-corrected chi connectivity index (χ4v) is 3.41. The van der Waals surface area contributed by atoms with Crippen molar-refractivity contribution in [3.63, 3.8) is 0 Å². The number of hydrogen-bond acceptors (Lipinski definition) is 1. The Balaban J connectivity index is 2.30. The molecule has 3 heteroatoms. The highest BCUT2D eigenvalue weighted by molar-refractivity contribution is 9.10. The van der Waals surface area contributed by atoms with Crippen molar-refractivity contribution >= 4 is 21.9 Å². The highest BCUT2D eigenvalue weighted by Crippen LogP contribution is 2.41. The first-order valence-electron chi connectivity index (χ1n) is 5.58. The minimum absolute atomic E-state index is 0.267. The van der Waals surface area contributed by atoms with E-state index < -0.39 is 5.97 Å². The van der Waals surface area contributed by atoms with E-state index in [-0.39, 0.29) is 12.3 Å². The van der Waals surface area contributed by atoms with Crippen molar-refractivity contribution in [3.8, 4) is 0 Å². The fourth-order valence-electron chi connectivity index (χ4n) is 2.64. The van der Waals surface area contributed by atoms with Gasteiger partial charge in [-0.1, -0.05) is 35.0 Å². The van der Waals surface area contributed by atoms with E-state index in [1.54, 1.807) is 0 Å². The maximum Gasteiger partial charge on any atom is 0.303 e. The molecule has 0 amide bonds. The van der Waals surface area contributed by atoms with Gasteiger partial charge in [-0.3, -0.25) is 4.79 Å². The Kier molecular flexibility index (Phi) is 3.33. The van der Waals surface area contributed by atoms with Gasteiger partial charge < -0.3 is 5.11 Å². The smallest absolute Gasteiger partial charge is 0.303 e. The Hall–Kier alpha value is -0.830. The zero-order chi connectivity index (χ0) is 11.7. The van der Waals surface area contributed by atoms with Gasteiger partial charge in [-0.25, -0.2) is 0 Å². The number of aliphatic carboxylic acids is 1. The summed E-state index contributed by atoms with van der Waals surface area (Å²) >= 11 is 3.57. The van der Waals surface area contributed by atoms with Gasteiger partial charge in [-0.15, -0.1) is 0 Å². The van der Waals surface area contributed by atoms with Crippen molar-refractivity contribution in [2.75, 3.05) is 0 Å². The Bertz CT molecular complexity index is 414. The molecular formula is C13H15BrO2. The van der Waals surface area contributed by atoms with E-state index in [1.165, 1.54) is 11.1 Å². The summed E-state index contributed by atoms with van der Waals surface area (Å²) in [5, 5.41) is 8.89. The quantitative estimate of drug-likeness (QED) is 0.900. The number of fused-ring (bicyclic) bond motifs is 1. The van der Waals surface area contributed by atoms with Gasteiger partial charge in [0.2, 0.25) is 0 Å². The lowest BCUT2D eigenvalue weighted by Gasteiger charge is -2.31. The molecule has 0 aliphatic heterocycles. The number of aryl methyl sites for hydroxylation is 1. The molecule has 1 aromatic rings. The van der Waals surface area contributed by atoms with Gasteiger partial charge in [0.15, 0.2) is 0 Å². The molecule has 1 aliphatic rings. The third-order valence-corrected chi connectivity index (χ3v) is 4.22. The monoisotopic (exact) mass is 282 g/mol. The number of hydrogen-bond donors (Lipinski definition) is 1. The molecule has 0 fully saturated rings. The molecular weight excluding hydrogens is 268 g/mol. The van der Waals surface area contributed by atoms with Crippen LogP contribution in [0.5, 0.6) is 0 Å². The third-order valence-electron chi connectivity index (χ3n) is 3.53. The van der Waals surface area contributed by atoms with E-state index in [9.17, 15) is 4.79 Å². The molecule has 86 valence electrons. The molecule has 0 heterocycles. The highest BCUT2D eigenvalue weighted by Gasteiger charge is 2.29. The van der Waals surface area contributed by atoms with Gasteiger partial charge in [-0.05, 0) is 41.9 Å². The minimum Gasteiger partial charge on any atom is -0.481 e. The number of carbonyl (C=O) groups is 1. The maximum atomic E-state index is 10.8. The van der Waals surface area contributed by atoms with E-state index >= 15 is 0 Å². The topological polar surface area (TPSA) is 37.3 Å². The molecule has 1 aromatic carbocycles. The molecule has 2 unspecified atom stereocenters. The van der Waals surface area contributed by atoms with E-state index in [0.29, 0.717) is 5.92 Å².